The molecule has 4 nitrogen and oxygen atoms in total. The van der Waals surface area contributed by atoms with Crippen LogP contribution in [-0.2, 0) is 6.54 Å². The number of amides is 1. The molecule has 1 aromatic carbocycles. The Morgan fingerprint density at radius 2 is 1.90 bits per heavy atom. The van der Waals surface area contributed by atoms with Crippen molar-refractivity contribution >= 4 is 40.7 Å². The number of H-pyrrole nitrogens is 1. The summed E-state index contributed by atoms with van der Waals surface area (Å²) in [6.45, 7) is 4.09. The highest BCUT2D eigenvalue weighted by Crippen LogP contribution is 2.31. The molecule has 1 heterocycles. The third-order valence-electron chi connectivity index (χ3n) is 2.98. The second-order valence-electron chi connectivity index (χ2n) is 4.31. The first kappa shape index (κ1) is 15.2. The first-order valence-corrected chi connectivity index (χ1v) is 6.97. The van der Waals surface area contributed by atoms with Crippen LogP contribution in [0.25, 0.3) is 0 Å². The number of carbonyl (C=O) groups excluding carboxylic acids is 1. The van der Waals surface area contributed by atoms with Gasteiger partial charge in [-0.1, -0.05) is 34.8 Å². The van der Waals surface area contributed by atoms with Gasteiger partial charge in [0.15, 0.2) is 0 Å². The van der Waals surface area contributed by atoms with Crippen molar-refractivity contribution in [2.45, 2.75) is 20.4 Å². The summed E-state index contributed by atoms with van der Waals surface area (Å²) in [5.41, 5.74) is 2.87. The normalized spacial score (nSPS) is 10.7. The zero-order chi connectivity index (χ0) is 14.9. The summed E-state index contributed by atoms with van der Waals surface area (Å²) in [4.78, 5) is 12.2. The van der Waals surface area contributed by atoms with Crippen LogP contribution >= 0.6 is 34.8 Å². The fourth-order valence-corrected chi connectivity index (χ4v) is 2.53. The molecule has 1 amide bonds. The number of nitrogens with zero attached hydrogens (tertiary/aromatic N) is 1. The molecule has 0 aliphatic heterocycles. The van der Waals surface area contributed by atoms with E-state index in [1.54, 1.807) is 12.1 Å². The molecular weight excluding hydrogens is 321 g/mol. The van der Waals surface area contributed by atoms with Crippen LogP contribution in [-0.4, -0.2) is 16.1 Å². The van der Waals surface area contributed by atoms with Crippen LogP contribution in [0.1, 0.15) is 27.3 Å². The van der Waals surface area contributed by atoms with E-state index in [2.05, 4.69) is 15.5 Å². The van der Waals surface area contributed by atoms with E-state index in [0.717, 1.165) is 17.0 Å². The Morgan fingerprint density at radius 1 is 1.25 bits per heavy atom. The Hall–Kier alpha value is -1.23. The van der Waals surface area contributed by atoms with Gasteiger partial charge in [0.2, 0.25) is 0 Å². The maximum absolute atomic E-state index is 12.2. The number of benzene rings is 1. The van der Waals surface area contributed by atoms with Gasteiger partial charge < -0.3 is 5.32 Å². The van der Waals surface area contributed by atoms with Crippen LogP contribution < -0.4 is 5.32 Å². The van der Waals surface area contributed by atoms with E-state index in [0.29, 0.717) is 6.54 Å². The Labute approximate surface area is 131 Å². The number of hydrogen-bond donors (Lipinski definition) is 2. The molecule has 0 saturated carbocycles. The van der Waals surface area contributed by atoms with Crippen molar-refractivity contribution in [3.05, 3.63) is 49.7 Å². The minimum Gasteiger partial charge on any atom is -0.348 e. The number of hydrogen-bond acceptors (Lipinski definition) is 2. The van der Waals surface area contributed by atoms with Gasteiger partial charge in [0.05, 0.1) is 26.3 Å². The summed E-state index contributed by atoms with van der Waals surface area (Å²) in [5.74, 6) is -0.373. The second kappa shape index (κ2) is 6.04. The Kier molecular flexibility index (Phi) is 4.58. The molecule has 0 fully saturated rings. The average Bonchev–Trinajstić information content (AvgIpc) is 2.72. The van der Waals surface area contributed by atoms with Gasteiger partial charge in [-0.05, 0) is 26.0 Å². The van der Waals surface area contributed by atoms with Crippen molar-refractivity contribution in [3.63, 3.8) is 0 Å². The van der Waals surface area contributed by atoms with Crippen molar-refractivity contribution in [1.82, 2.24) is 15.5 Å². The van der Waals surface area contributed by atoms with Gasteiger partial charge >= 0.3 is 0 Å². The molecule has 2 rings (SSSR count). The Morgan fingerprint density at radius 3 is 2.50 bits per heavy atom. The molecule has 0 radical (unpaired) electrons. The lowest BCUT2D eigenvalue weighted by Crippen LogP contribution is -2.24. The minimum absolute atomic E-state index is 0.150. The highest BCUT2D eigenvalue weighted by Gasteiger charge is 2.18. The molecule has 0 atom stereocenters. The maximum Gasteiger partial charge on any atom is 0.254 e. The van der Waals surface area contributed by atoms with Gasteiger partial charge in [-0.2, -0.15) is 5.10 Å². The van der Waals surface area contributed by atoms with Crippen molar-refractivity contribution in [3.8, 4) is 0 Å². The monoisotopic (exact) mass is 331 g/mol. The number of carbonyl (C=O) groups is 1. The van der Waals surface area contributed by atoms with Crippen LogP contribution in [0.4, 0.5) is 0 Å². The first-order valence-electron chi connectivity index (χ1n) is 5.84. The van der Waals surface area contributed by atoms with E-state index in [-0.39, 0.29) is 26.5 Å². The summed E-state index contributed by atoms with van der Waals surface area (Å²) in [6.07, 6.45) is 0. The molecule has 7 heteroatoms. The molecule has 2 N–H and O–H groups in total. The summed E-state index contributed by atoms with van der Waals surface area (Å²) in [6, 6.07) is 3.09. The van der Waals surface area contributed by atoms with Gasteiger partial charge in [0.25, 0.3) is 5.91 Å². The van der Waals surface area contributed by atoms with Crippen molar-refractivity contribution in [2.24, 2.45) is 0 Å². The van der Waals surface area contributed by atoms with Crippen LogP contribution in [0.3, 0.4) is 0 Å². The molecule has 0 saturated heterocycles. The second-order valence-corrected chi connectivity index (χ2v) is 5.51. The van der Waals surface area contributed by atoms with Crippen molar-refractivity contribution in [2.75, 3.05) is 0 Å². The highest BCUT2D eigenvalue weighted by molar-refractivity contribution is 6.46. The van der Waals surface area contributed by atoms with E-state index in [4.69, 9.17) is 34.8 Å². The highest BCUT2D eigenvalue weighted by atomic mass is 35.5. The van der Waals surface area contributed by atoms with E-state index in [1.807, 2.05) is 13.8 Å². The number of rotatable bonds is 3. The number of aromatic amines is 1. The van der Waals surface area contributed by atoms with Gasteiger partial charge in [-0.3, -0.25) is 9.89 Å². The first-order chi connectivity index (χ1) is 9.41. The largest absolute Gasteiger partial charge is 0.348 e. The smallest absolute Gasteiger partial charge is 0.254 e. The summed E-state index contributed by atoms with van der Waals surface area (Å²) < 4.78 is 0. The van der Waals surface area contributed by atoms with Crippen LogP contribution in [0, 0.1) is 13.8 Å². The predicted octanol–water partition coefficient (Wildman–Crippen LogP) is 3.92. The maximum atomic E-state index is 12.2. The number of nitrogens with one attached hydrogen (secondary N) is 2. The molecule has 0 aliphatic carbocycles. The zero-order valence-corrected chi connectivity index (χ0v) is 13.1. The standard InChI is InChI=1S/C13H12Cl3N3O/c1-6-8(7(2)19-18-6)5-17-13(20)11-9(14)3-4-10(15)12(11)16/h3-4H,5H2,1-2H3,(H,17,20)(H,18,19). The van der Waals surface area contributed by atoms with E-state index in [9.17, 15) is 4.79 Å². The molecule has 0 bridgehead atoms. The van der Waals surface area contributed by atoms with Crippen LogP contribution in [0.15, 0.2) is 12.1 Å². The van der Waals surface area contributed by atoms with Gasteiger partial charge in [-0.15, -0.1) is 0 Å². The fourth-order valence-electron chi connectivity index (χ4n) is 1.83. The number of halogens is 3. The third kappa shape index (κ3) is 2.92. The molecular formula is C13H12Cl3N3O. The third-order valence-corrected chi connectivity index (χ3v) is 4.10. The van der Waals surface area contributed by atoms with E-state index in [1.165, 1.54) is 0 Å². The van der Waals surface area contributed by atoms with Crippen molar-refractivity contribution in [1.29, 1.82) is 0 Å². The van der Waals surface area contributed by atoms with Crippen LogP contribution in [0.2, 0.25) is 15.1 Å². The summed E-state index contributed by atoms with van der Waals surface area (Å²) in [7, 11) is 0. The number of aryl methyl sites for hydroxylation is 2. The lowest BCUT2D eigenvalue weighted by molar-refractivity contribution is 0.0951. The molecule has 0 spiro atoms. The molecule has 106 valence electrons. The molecule has 0 unspecified atom stereocenters. The van der Waals surface area contributed by atoms with Gasteiger partial charge in [0, 0.05) is 17.8 Å². The SMILES string of the molecule is Cc1n[nH]c(C)c1CNC(=O)c1c(Cl)ccc(Cl)c1Cl. The van der Waals surface area contributed by atoms with Gasteiger partial charge in [-0.25, -0.2) is 0 Å². The lowest BCUT2D eigenvalue weighted by atomic mass is 10.1. The quantitative estimate of drug-likeness (QED) is 0.837. The van der Waals surface area contributed by atoms with Crippen LogP contribution in [0.5, 0.6) is 0 Å². The molecule has 2 aromatic rings. The van der Waals surface area contributed by atoms with Gasteiger partial charge in [0.1, 0.15) is 0 Å². The average molecular weight is 333 g/mol. The summed E-state index contributed by atoms with van der Waals surface area (Å²) >= 11 is 17.9. The molecule has 1 aromatic heterocycles. The lowest BCUT2D eigenvalue weighted by Gasteiger charge is -2.09. The van der Waals surface area contributed by atoms with E-state index >= 15 is 0 Å². The molecule has 0 aliphatic rings. The topological polar surface area (TPSA) is 57.8 Å². The fraction of sp³-hybridized carbons (Fsp3) is 0.231. The van der Waals surface area contributed by atoms with Crippen molar-refractivity contribution < 1.29 is 4.79 Å². The Bertz CT molecular complexity index is 648. The minimum atomic E-state index is -0.373. The zero-order valence-electron chi connectivity index (χ0n) is 10.9. The van der Waals surface area contributed by atoms with E-state index < -0.39 is 0 Å². The Balaban J connectivity index is 2.20. The predicted molar refractivity (Wildman–Crippen MR) is 80.7 cm³/mol. The molecule has 20 heavy (non-hydrogen) atoms. The number of aromatic nitrogens is 2. The summed E-state index contributed by atoms with van der Waals surface area (Å²) in [5, 5.41) is 10.4.